The third-order valence-corrected chi connectivity index (χ3v) is 9.69. The van der Waals surface area contributed by atoms with Crippen LogP contribution in [-0.2, 0) is 21.4 Å². The topological polar surface area (TPSA) is 92.7 Å². The Balaban J connectivity index is 1.38. The fraction of sp³-hybridized carbons (Fsp3) is 0.296. The third-order valence-electron chi connectivity index (χ3n) is 6.49. The van der Waals surface area contributed by atoms with E-state index in [0.717, 1.165) is 15.8 Å². The lowest BCUT2D eigenvalue weighted by molar-refractivity contribution is -0.123. The molecule has 1 aliphatic heterocycles. The number of piperidine rings is 1. The molecular weight excluding hydrogens is 544 g/mol. The van der Waals surface area contributed by atoms with E-state index < -0.39 is 10.0 Å². The van der Waals surface area contributed by atoms with Gasteiger partial charge in [-0.2, -0.15) is 4.31 Å². The maximum absolute atomic E-state index is 13.9. The number of carbonyl (C=O) groups is 1. The largest absolute Gasteiger partial charge is 0.492 e. The van der Waals surface area contributed by atoms with E-state index in [1.807, 2.05) is 37.3 Å². The normalized spacial score (nSPS) is 15.0. The van der Waals surface area contributed by atoms with Crippen LogP contribution in [0.2, 0.25) is 5.02 Å². The third kappa shape index (κ3) is 5.54. The minimum Gasteiger partial charge on any atom is -0.492 e. The van der Waals surface area contributed by atoms with Crippen LogP contribution in [0.4, 0.5) is 5.13 Å². The van der Waals surface area contributed by atoms with Gasteiger partial charge in [-0.15, -0.1) is 0 Å². The second kappa shape index (κ2) is 11.4. The number of halogens is 1. The zero-order chi connectivity index (χ0) is 26.7. The number of fused-ring (bicyclic) bond motifs is 1. The predicted octanol–water partition coefficient (Wildman–Crippen LogP) is 5.38. The number of ether oxygens (including phenoxy) is 1. The smallest absolute Gasteiger partial charge is 0.243 e. The molecule has 2 aromatic carbocycles. The number of carbonyl (C=O) groups excluding carboxylic acids is 1. The fourth-order valence-electron chi connectivity index (χ4n) is 4.53. The van der Waals surface area contributed by atoms with Crippen LogP contribution >= 0.6 is 22.9 Å². The maximum atomic E-state index is 13.9. The van der Waals surface area contributed by atoms with Gasteiger partial charge in [0, 0.05) is 36.4 Å². The van der Waals surface area contributed by atoms with Crippen molar-refractivity contribution in [1.82, 2.24) is 14.3 Å². The van der Waals surface area contributed by atoms with Crippen LogP contribution in [0.5, 0.6) is 5.75 Å². The number of rotatable bonds is 8. The number of hydrogen-bond acceptors (Lipinski definition) is 7. The molecule has 0 unspecified atom stereocenters. The second-order valence-corrected chi connectivity index (χ2v) is 12.3. The van der Waals surface area contributed by atoms with Crippen molar-refractivity contribution in [3.05, 3.63) is 77.6 Å². The first-order valence-corrected chi connectivity index (χ1v) is 15.0. The van der Waals surface area contributed by atoms with Gasteiger partial charge in [0.1, 0.15) is 11.3 Å². The molecule has 0 saturated carbocycles. The molecule has 5 rings (SSSR count). The van der Waals surface area contributed by atoms with Crippen LogP contribution in [0.15, 0.2) is 71.9 Å². The van der Waals surface area contributed by atoms with Gasteiger partial charge in [-0.25, -0.2) is 13.4 Å². The summed E-state index contributed by atoms with van der Waals surface area (Å²) in [5, 5.41) is 1.06. The van der Waals surface area contributed by atoms with Crippen molar-refractivity contribution in [1.29, 1.82) is 0 Å². The second-order valence-electron chi connectivity index (χ2n) is 8.95. The number of hydrogen-bond donors (Lipinski definition) is 0. The van der Waals surface area contributed by atoms with E-state index in [1.165, 1.54) is 27.8 Å². The van der Waals surface area contributed by atoms with Gasteiger partial charge >= 0.3 is 0 Å². The first kappa shape index (κ1) is 26.6. The Hall–Kier alpha value is -3.05. The van der Waals surface area contributed by atoms with Gasteiger partial charge in [-0.3, -0.25) is 14.7 Å². The van der Waals surface area contributed by atoms with E-state index in [2.05, 4.69) is 4.98 Å². The number of thiazole rings is 1. The molecule has 0 bridgehead atoms. The van der Waals surface area contributed by atoms with Crippen LogP contribution in [0.3, 0.4) is 0 Å². The highest BCUT2D eigenvalue weighted by molar-refractivity contribution is 7.89. The zero-order valence-corrected chi connectivity index (χ0v) is 23.2. The van der Waals surface area contributed by atoms with E-state index in [0.29, 0.717) is 41.9 Å². The predicted molar refractivity (Wildman–Crippen MR) is 149 cm³/mol. The summed E-state index contributed by atoms with van der Waals surface area (Å²) in [5.41, 5.74) is 1.61. The highest BCUT2D eigenvalue weighted by Crippen LogP contribution is 2.36. The molecular formula is C27H27ClN4O4S2. The summed E-state index contributed by atoms with van der Waals surface area (Å²) >= 11 is 7.36. The monoisotopic (exact) mass is 570 g/mol. The number of sulfonamides is 1. The number of pyridine rings is 1. The summed E-state index contributed by atoms with van der Waals surface area (Å²) in [6.45, 7) is 3.28. The van der Waals surface area contributed by atoms with Crippen molar-refractivity contribution in [2.75, 3.05) is 24.6 Å². The lowest BCUT2D eigenvalue weighted by Gasteiger charge is -2.33. The summed E-state index contributed by atoms with van der Waals surface area (Å²) in [7, 11) is -3.66. The van der Waals surface area contributed by atoms with Gasteiger partial charge in [0.15, 0.2) is 5.13 Å². The molecule has 0 atom stereocenters. The number of amides is 1. The minimum atomic E-state index is -3.66. The van der Waals surface area contributed by atoms with Crippen LogP contribution in [-0.4, -0.2) is 48.3 Å². The van der Waals surface area contributed by atoms with Crippen LogP contribution in [0.25, 0.3) is 10.2 Å². The Morgan fingerprint density at radius 1 is 1.13 bits per heavy atom. The standard InChI is InChI=1S/C27H27ClN4O4S2/c1-2-36-23-6-3-7-24-25(23)30-27(37-24)32(18-19-5-4-14-29-17-19)26(33)20-12-15-31(16-13-20)38(34,35)22-10-8-21(28)9-11-22/h3-11,14,17,20H,2,12-13,15-16,18H2,1H3. The number of anilines is 1. The summed E-state index contributed by atoms with van der Waals surface area (Å²) < 4.78 is 34.4. The first-order valence-electron chi connectivity index (χ1n) is 12.3. The first-order chi connectivity index (χ1) is 18.4. The van der Waals surface area contributed by atoms with Gasteiger partial charge in [0.25, 0.3) is 0 Å². The number of benzene rings is 2. The molecule has 38 heavy (non-hydrogen) atoms. The highest BCUT2D eigenvalue weighted by Gasteiger charge is 2.35. The van der Waals surface area contributed by atoms with Crippen LogP contribution in [0, 0.1) is 5.92 Å². The average molecular weight is 571 g/mol. The van der Waals surface area contributed by atoms with Gasteiger partial charge in [0.05, 0.1) is 22.7 Å². The summed E-state index contributed by atoms with van der Waals surface area (Å²) in [5.74, 6) is 0.276. The molecule has 4 aromatic rings. The molecule has 0 spiro atoms. The number of para-hydroxylation sites is 1. The van der Waals surface area contributed by atoms with E-state index >= 15 is 0 Å². The summed E-state index contributed by atoms with van der Waals surface area (Å²) in [4.78, 5) is 24.8. The van der Waals surface area contributed by atoms with Gasteiger partial charge < -0.3 is 4.74 Å². The van der Waals surface area contributed by atoms with Gasteiger partial charge in [0.2, 0.25) is 15.9 Å². The van der Waals surface area contributed by atoms with Crippen molar-refractivity contribution in [2.24, 2.45) is 5.92 Å². The van der Waals surface area contributed by atoms with E-state index in [1.54, 1.807) is 29.4 Å². The lowest BCUT2D eigenvalue weighted by Crippen LogP contribution is -2.44. The van der Waals surface area contributed by atoms with Crippen molar-refractivity contribution in [2.45, 2.75) is 31.2 Å². The number of nitrogens with zero attached hydrogens (tertiary/aromatic N) is 4. The van der Waals surface area contributed by atoms with Crippen molar-refractivity contribution in [3.63, 3.8) is 0 Å². The highest BCUT2D eigenvalue weighted by atomic mass is 35.5. The Morgan fingerprint density at radius 3 is 2.58 bits per heavy atom. The maximum Gasteiger partial charge on any atom is 0.243 e. The van der Waals surface area contributed by atoms with Crippen LogP contribution in [0.1, 0.15) is 25.3 Å². The Morgan fingerprint density at radius 2 is 1.89 bits per heavy atom. The molecule has 3 heterocycles. The quantitative estimate of drug-likeness (QED) is 0.282. The zero-order valence-electron chi connectivity index (χ0n) is 20.8. The minimum absolute atomic E-state index is 0.0746. The molecule has 0 N–H and O–H groups in total. The SMILES string of the molecule is CCOc1cccc2sc(N(Cc3cccnc3)C(=O)C3CCN(S(=O)(=O)c4ccc(Cl)cc4)CC3)nc12. The van der Waals surface area contributed by atoms with E-state index in [-0.39, 0.29) is 29.8 Å². The van der Waals surface area contributed by atoms with Gasteiger partial charge in [-0.05, 0) is 67.8 Å². The fourth-order valence-corrected chi connectivity index (χ4v) is 7.12. The number of aromatic nitrogens is 2. The molecule has 1 aliphatic rings. The molecule has 1 fully saturated rings. The van der Waals surface area contributed by atoms with Gasteiger partial charge in [-0.1, -0.05) is 35.1 Å². The average Bonchev–Trinajstić information content (AvgIpc) is 3.37. The van der Waals surface area contributed by atoms with E-state index in [4.69, 9.17) is 21.3 Å². The summed E-state index contributed by atoms with van der Waals surface area (Å²) in [6, 6.07) is 15.7. The van der Waals surface area contributed by atoms with Crippen LogP contribution < -0.4 is 9.64 Å². The Labute approximate surface area is 230 Å². The molecule has 0 radical (unpaired) electrons. The molecule has 1 saturated heterocycles. The molecule has 8 nitrogen and oxygen atoms in total. The molecule has 198 valence electrons. The molecule has 0 aliphatic carbocycles. The lowest BCUT2D eigenvalue weighted by atomic mass is 9.96. The Kier molecular flexibility index (Phi) is 7.94. The van der Waals surface area contributed by atoms with Crippen molar-refractivity contribution >= 4 is 54.2 Å². The summed E-state index contributed by atoms with van der Waals surface area (Å²) in [6.07, 6.45) is 4.27. The van der Waals surface area contributed by atoms with E-state index in [9.17, 15) is 13.2 Å². The van der Waals surface area contributed by atoms with Crippen molar-refractivity contribution < 1.29 is 17.9 Å². The Bertz CT molecular complexity index is 1520. The van der Waals surface area contributed by atoms with Crippen molar-refractivity contribution in [3.8, 4) is 5.75 Å². The molecule has 11 heteroatoms. The molecule has 1 amide bonds. The molecule has 2 aromatic heterocycles.